The minimum atomic E-state index is -0.881. The Morgan fingerprint density at radius 2 is 2.03 bits per heavy atom. The monoisotopic (exact) mass is 402 g/mol. The number of nitro groups is 1. The van der Waals surface area contributed by atoms with Crippen LogP contribution >= 0.6 is 0 Å². The topological polar surface area (TPSA) is 113 Å². The zero-order valence-electron chi connectivity index (χ0n) is 16.9. The largest absolute Gasteiger partial charge is 0.337 e. The van der Waals surface area contributed by atoms with Crippen molar-refractivity contribution in [3.05, 3.63) is 39.9 Å². The highest BCUT2D eigenvalue weighted by molar-refractivity contribution is 6.09. The third-order valence-corrected chi connectivity index (χ3v) is 6.20. The van der Waals surface area contributed by atoms with Gasteiger partial charge in [-0.25, -0.2) is 4.79 Å². The number of hydrogen-bond acceptors (Lipinski definition) is 5. The molecule has 4 amide bonds. The summed E-state index contributed by atoms with van der Waals surface area (Å²) in [6, 6.07) is 5.08. The predicted octanol–water partition coefficient (Wildman–Crippen LogP) is 2.61. The van der Waals surface area contributed by atoms with Crippen molar-refractivity contribution in [1.29, 1.82) is 0 Å². The zero-order valence-corrected chi connectivity index (χ0v) is 16.9. The summed E-state index contributed by atoms with van der Waals surface area (Å²) < 4.78 is 0. The van der Waals surface area contributed by atoms with Crippen LogP contribution in [0.3, 0.4) is 0 Å². The molecule has 9 heteroatoms. The van der Waals surface area contributed by atoms with Crippen LogP contribution in [0.1, 0.15) is 51.1 Å². The van der Waals surface area contributed by atoms with Gasteiger partial charge in [0.15, 0.2) is 0 Å². The van der Waals surface area contributed by atoms with Gasteiger partial charge in [0.05, 0.1) is 11.0 Å². The van der Waals surface area contributed by atoms with Crippen molar-refractivity contribution in [2.45, 2.75) is 51.1 Å². The number of hydrogen-bond donors (Lipinski definition) is 1. The Morgan fingerprint density at radius 1 is 1.38 bits per heavy atom. The van der Waals surface area contributed by atoms with Gasteiger partial charge in [-0.1, -0.05) is 19.1 Å². The van der Waals surface area contributed by atoms with Crippen molar-refractivity contribution in [3.8, 4) is 0 Å². The first-order chi connectivity index (χ1) is 13.6. The number of nitrogens with zero attached hydrogens (tertiary/aromatic N) is 3. The number of non-ortho nitro benzene ring substituents is 1. The molecule has 1 aromatic carbocycles. The number of carbonyl (C=O) groups is 3. The van der Waals surface area contributed by atoms with Crippen molar-refractivity contribution in [2.75, 3.05) is 13.6 Å². The molecule has 1 aromatic rings. The minimum Gasteiger partial charge on any atom is -0.337 e. The number of likely N-dealkylation sites (N-methyl/N-ethyl adjacent to an activating group) is 1. The smallest absolute Gasteiger partial charge is 0.325 e. The molecule has 1 saturated carbocycles. The van der Waals surface area contributed by atoms with Crippen molar-refractivity contribution < 1.29 is 19.3 Å². The van der Waals surface area contributed by atoms with Crippen LogP contribution in [0.25, 0.3) is 0 Å². The predicted molar refractivity (Wildman–Crippen MR) is 105 cm³/mol. The Balaban J connectivity index is 1.69. The molecule has 1 aliphatic heterocycles. The maximum absolute atomic E-state index is 12.9. The molecule has 1 unspecified atom stereocenters. The van der Waals surface area contributed by atoms with E-state index in [2.05, 4.69) is 12.2 Å². The fourth-order valence-corrected chi connectivity index (χ4v) is 4.00. The second-order valence-corrected chi connectivity index (χ2v) is 8.12. The molecule has 1 saturated heterocycles. The highest BCUT2D eigenvalue weighted by Crippen LogP contribution is 2.36. The summed E-state index contributed by atoms with van der Waals surface area (Å²) in [5.74, 6) is -0.226. The normalized spacial score (nSPS) is 25.1. The van der Waals surface area contributed by atoms with E-state index in [1.54, 1.807) is 26.1 Å². The SMILES string of the molecule is CC1CCC2(CC1)NC(=O)N(CC(=O)N(C)C(C)c1cccc([N+](=O)[O-])c1)C2=O. The fraction of sp³-hybridized carbons (Fsp3) is 0.550. The van der Waals surface area contributed by atoms with Crippen LogP contribution in [0.2, 0.25) is 0 Å². The molecule has 1 spiro atoms. The molecule has 29 heavy (non-hydrogen) atoms. The van der Waals surface area contributed by atoms with Gasteiger partial charge in [-0.15, -0.1) is 0 Å². The fourth-order valence-electron chi connectivity index (χ4n) is 4.00. The lowest BCUT2D eigenvalue weighted by Crippen LogP contribution is -2.50. The van der Waals surface area contributed by atoms with Gasteiger partial charge in [0, 0.05) is 19.2 Å². The molecule has 0 radical (unpaired) electrons. The number of nitrogens with one attached hydrogen (secondary N) is 1. The number of carbonyl (C=O) groups excluding carboxylic acids is 3. The molecule has 0 bridgehead atoms. The summed E-state index contributed by atoms with van der Waals surface area (Å²) in [6.07, 6.45) is 2.89. The Bertz CT molecular complexity index is 847. The summed E-state index contributed by atoms with van der Waals surface area (Å²) in [6.45, 7) is 3.52. The van der Waals surface area contributed by atoms with E-state index in [0.717, 1.165) is 17.7 Å². The van der Waals surface area contributed by atoms with Gasteiger partial charge in [-0.05, 0) is 44.1 Å². The lowest BCUT2D eigenvalue weighted by Gasteiger charge is -2.33. The van der Waals surface area contributed by atoms with E-state index in [1.165, 1.54) is 17.0 Å². The third-order valence-electron chi connectivity index (χ3n) is 6.20. The van der Waals surface area contributed by atoms with Crippen LogP contribution in [0, 0.1) is 16.0 Å². The van der Waals surface area contributed by atoms with Crippen molar-refractivity contribution >= 4 is 23.5 Å². The van der Waals surface area contributed by atoms with Crippen LogP contribution < -0.4 is 5.32 Å². The van der Waals surface area contributed by atoms with E-state index in [0.29, 0.717) is 24.3 Å². The number of amides is 4. The van der Waals surface area contributed by atoms with E-state index in [-0.39, 0.29) is 18.1 Å². The molecule has 156 valence electrons. The molecule has 2 fully saturated rings. The maximum atomic E-state index is 12.9. The van der Waals surface area contributed by atoms with Crippen LogP contribution in [-0.4, -0.2) is 51.7 Å². The van der Waals surface area contributed by atoms with E-state index in [1.807, 2.05) is 0 Å². The number of benzene rings is 1. The summed E-state index contributed by atoms with van der Waals surface area (Å²) in [5, 5.41) is 13.8. The van der Waals surface area contributed by atoms with Crippen molar-refractivity contribution in [1.82, 2.24) is 15.1 Å². The quantitative estimate of drug-likeness (QED) is 0.462. The zero-order chi connectivity index (χ0) is 21.3. The summed E-state index contributed by atoms with van der Waals surface area (Å²) in [7, 11) is 1.56. The van der Waals surface area contributed by atoms with E-state index < -0.39 is 28.4 Å². The maximum Gasteiger partial charge on any atom is 0.325 e. The molecule has 1 aliphatic carbocycles. The molecular weight excluding hydrogens is 376 g/mol. The molecule has 2 aliphatic rings. The van der Waals surface area contributed by atoms with Gasteiger partial charge in [-0.3, -0.25) is 24.6 Å². The highest BCUT2D eigenvalue weighted by atomic mass is 16.6. The summed E-state index contributed by atoms with van der Waals surface area (Å²) in [4.78, 5) is 51.0. The summed E-state index contributed by atoms with van der Waals surface area (Å²) in [5.41, 5.74) is -0.337. The van der Waals surface area contributed by atoms with E-state index in [9.17, 15) is 24.5 Å². The number of urea groups is 1. The lowest BCUT2D eigenvalue weighted by atomic mass is 9.77. The molecule has 0 aromatic heterocycles. The molecular formula is C20H26N4O5. The standard InChI is InChI=1S/C20H26N4O5/c1-13-7-9-20(10-8-13)18(26)23(19(27)21-20)12-17(25)22(3)14(2)15-5-4-6-16(11-15)24(28)29/h4-6,11,13-14H,7-10,12H2,1-3H3,(H,21,27). The van der Waals surface area contributed by atoms with Gasteiger partial charge in [0.1, 0.15) is 12.1 Å². The molecule has 1 heterocycles. The summed E-state index contributed by atoms with van der Waals surface area (Å²) >= 11 is 0. The van der Waals surface area contributed by atoms with Gasteiger partial charge in [-0.2, -0.15) is 0 Å². The second kappa shape index (κ2) is 7.81. The van der Waals surface area contributed by atoms with Crippen LogP contribution in [0.5, 0.6) is 0 Å². The van der Waals surface area contributed by atoms with Gasteiger partial charge < -0.3 is 10.2 Å². The first kappa shape index (κ1) is 20.8. The Hall–Kier alpha value is -2.97. The van der Waals surface area contributed by atoms with Crippen LogP contribution in [-0.2, 0) is 9.59 Å². The highest BCUT2D eigenvalue weighted by Gasteiger charge is 2.52. The van der Waals surface area contributed by atoms with Crippen LogP contribution in [0.4, 0.5) is 10.5 Å². The molecule has 1 atom stereocenters. The number of nitro benzene ring substituents is 1. The average Bonchev–Trinajstić information content (AvgIpc) is 2.93. The first-order valence-electron chi connectivity index (χ1n) is 9.79. The first-order valence-corrected chi connectivity index (χ1v) is 9.79. The van der Waals surface area contributed by atoms with Gasteiger partial charge in [0.2, 0.25) is 5.91 Å². The van der Waals surface area contributed by atoms with Crippen LogP contribution in [0.15, 0.2) is 24.3 Å². The Kier molecular flexibility index (Phi) is 5.59. The van der Waals surface area contributed by atoms with E-state index >= 15 is 0 Å². The van der Waals surface area contributed by atoms with Gasteiger partial charge >= 0.3 is 6.03 Å². The Morgan fingerprint density at radius 3 is 2.66 bits per heavy atom. The number of imide groups is 1. The van der Waals surface area contributed by atoms with Gasteiger partial charge in [0.25, 0.3) is 11.6 Å². The lowest BCUT2D eigenvalue weighted by molar-refractivity contribution is -0.384. The van der Waals surface area contributed by atoms with Crippen molar-refractivity contribution in [2.24, 2.45) is 5.92 Å². The minimum absolute atomic E-state index is 0.0576. The van der Waals surface area contributed by atoms with E-state index in [4.69, 9.17) is 0 Å². The molecule has 9 nitrogen and oxygen atoms in total. The molecule has 3 rings (SSSR count). The van der Waals surface area contributed by atoms with Crippen molar-refractivity contribution in [3.63, 3.8) is 0 Å². The second-order valence-electron chi connectivity index (χ2n) is 8.12. The number of rotatable bonds is 5. The average molecular weight is 402 g/mol. The molecule has 1 N–H and O–H groups in total. The third kappa shape index (κ3) is 3.94. The Labute approximate surface area is 169 Å².